The van der Waals surface area contributed by atoms with Crippen molar-refractivity contribution in [3.63, 3.8) is 0 Å². The lowest BCUT2D eigenvalue weighted by Gasteiger charge is -2.24. The molecule has 1 heterocycles. The van der Waals surface area contributed by atoms with Gasteiger partial charge in [-0.05, 0) is 56.7 Å². The van der Waals surface area contributed by atoms with Gasteiger partial charge in [0.1, 0.15) is 18.4 Å². The third kappa shape index (κ3) is 7.06. The SMILES string of the molecule is CCC[C@H](C)OC(=O)[C@H](C)NP(=O)(OCC1OCCO1)Oc1cccc(C2CC2)c1. The second-order valence-corrected chi connectivity index (χ2v) is 9.48. The smallest absolute Gasteiger partial charge is 0.459 e. The fraction of sp³-hybridized carbons (Fsp3) is 0.667. The third-order valence-electron chi connectivity index (χ3n) is 4.92. The van der Waals surface area contributed by atoms with Gasteiger partial charge in [-0.2, -0.15) is 5.09 Å². The molecule has 30 heavy (non-hydrogen) atoms. The largest absolute Gasteiger partial charge is 0.462 e. The van der Waals surface area contributed by atoms with Crippen molar-refractivity contribution in [1.29, 1.82) is 0 Å². The number of ether oxygens (including phenoxy) is 3. The van der Waals surface area contributed by atoms with Crippen LogP contribution < -0.4 is 9.61 Å². The van der Waals surface area contributed by atoms with Crippen LogP contribution >= 0.6 is 7.75 Å². The molecule has 1 aliphatic carbocycles. The second-order valence-electron chi connectivity index (χ2n) is 7.79. The van der Waals surface area contributed by atoms with Crippen LogP contribution in [0, 0.1) is 0 Å². The molecule has 1 unspecified atom stereocenters. The van der Waals surface area contributed by atoms with Gasteiger partial charge in [0, 0.05) is 0 Å². The summed E-state index contributed by atoms with van der Waals surface area (Å²) in [4.78, 5) is 12.4. The second kappa shape index (κ2) is 10.7. The van der Waals surface area contributed by atoms with Crippen LogP contribution in [0.15, 0.2) is 24.3 Å². The molecule has 1 saturated carbocycles. The lowest BCUT2D eigenvalue weighted by molar-refractivity contribution is -0.150. The van der Waals surface area contributed by atoms with E-state index in [2.05, 4.69) is 5.09 Å². The van der Waals surface area contributed by atoms with Gasteiger partial charge in [-0.15, -0.1) is 0 Å². The van der Waals surface area contributed by atoms with E-state index in [1.165, 1.54) is 0 Å². The molecule has 0 spiro atoms. The minimum Gasteiger partial charge on any atom is -0.462 e. The number of esters is 1. The van der Waals surface area contributed by atoms with Crippen molar-refractivity contribution in [2.45, 2.75) is 70.8 Å². The highest BCUT2D eigenvalue weighted by Crippen LogP contribution is 2.47. The van der Waals surface area contributed by atoms with E-state index in [0.717, 1.165) is 31.2 Å². The van der Waals surface area contributed by atoms with E-state index < -0.39 is 26.0 Å². The zero-order chi connectivity index (χ0) is 21.6. The molecule has 1 aromatic rings. The first-order valence-electron chi connectivity index (χ1n) is 10.6. The Hall–Kier alpha value is -1.44. The predicted octanol–water partition coefficient (Wildman–Crippen LogP) is 4.15. The molecular weight excluding hydrogens is 409 g/mol. The van der Waals surface area contributed by atoms with Gasteiger partial charge in [-0.25, -0.2) is 4.57 Å². The number of hydrogen-bond donors (Lipinski definition) is 1. The van der Waals surface area contributed by atoms with Crippen LogP contribution in [0.25, 0.3) is 0 Å². The highest BCUT2D eigenvalue weighted by molar-refractivity contribution is 7.52. The molecule has 1 saturated heterocycles. The van der Waals surface area contributed by atoms with Crippen LogP contribution in [0.2, 0.25) is 0 Å². The molecule has 3 rings (SSSR count). The first-order valence-corrected chi connectivity index (χ1v) is 12.2. The summed E-state index contributed by atoms with van der Waals surface area (Å²) in [6, 6.07) is 6.59. The third-order valence-corrected chi connectivity index (χ3v) is 6.57. The summed E-state index contributed by atoms with van der Waals surface area (Å²) < 4.78 is 40.9. The molecule has 1 N–H and O–H groups in total. The minimum absolute atomic E-state index is 0.0827. The van der Waals surface area contributed by atoms with Crippen molar-refractivity contribution in [3.8, 4) is 5.75 Å². The zero-order valence-electron chi connectivity index (χ0n) is 17.9. The van der Waals surface area contributed by atoms with Crippen LogP contribution in [-0.2, 0) is 28.1 Å². The number of hydrogen-bond acceptors (Lipinski definition) is 7. The summed E-state index contributed by atoms with van der Waals surface area (Å²) in [7, 11) is -3.90. The normalized spacial score (nSPS) is 21.0. The summed E-state index contributed by atoms with van der Waals surface area (Å²) in [5.74, 6) is 0.433. The first kappa shape index (κ1) is 23.2. The van der Waals surface area contributed by atoms with Gasteiger partial charge >= 0.3 is 13.7 Å². The maximum atomic E-state index is 13.5. The molecule has 1 aliphatic heterocycles. The standard InChI is InChI=1S/C21H32NO7P/c1-4-6-15(2)28-21(23)16(3)22-30(24,27-14-20-25-11-12-26-20)29-19-8-5-7-18(13-19)17-9-10-17/h5,7-8,13,15-17,20H,4,6,9-12,14H2,1-3H3,(H,22,24)/t15-,16-,30?/m0/s1. The van der Waals surface area contributed by atoms with Crippen molar-refractivity contribution in [2.75, 3.05) is 19.8 Å². The van der Waals surface area contributed by atoms with Crippen LogP contribution in [-0.4, -0.2) is 44.2 Å². The van der Waals surface area contributed by atoms with Gasteiger partial charge in [0.25, 0.3) is 0 Å². The number of nitrogens with one attached hydrogen (secondary N) is 1. The summed E-state index contributed by atoms with van der Waals surface area (Å²) in [5, 5.41) is 2.70. The zero-order valence-corrected chi connectivity index (χ0v) is 18.8. The maximum absolute atomic E-state index is 13.5. The van der Waals surface area contributed by atoms with Crippen molar-refractivity contribution in [3.05, 3.63) is 29.8 Å². The Bertz CT molecular complexity index is 749. The summed E-state index contributed by atoms with van der Waals surface area (Å²) in [6.45, 7) is 6.25. The summed E-state index contributed by atoms with van der Waals surface area (Å²) >= 11 is 0. The lowest BCUT2D eigenvalue weighted by Crippen LogP contribution is -2.37. The Labute approximate surface area is 178 Å². The molecule has 2 aliphatic rings. The van der Waals surface area contributed by atoms with E-state index in [4.69, 9.17) is 23.3 Å². The molecule has 0 bridgehead atoms. The Kier molecular flexibility index (Phi) is 8.31. The van der Waals surface area contributed by atoms with E-state index in [1.54, 1.807) is 13.0 Å². The average molecular weight is 441 g/mol. The number of benzene rings is 1. The van der Waals surface area contributed by atoms with E-state index >= 15 is 0 Å². The van der Waals surface area contributed by atoms with E-state index in [-0.39, 0.29) is 12.7 Å². The fourth-order valence-electron chi connectivity index (χ4n) is 3.19. The molecule has 1 aromatic carbocycles. The first-order chi connectivity index (χ1) is 14.4. The van der Waals surface area contributed by atoms with Crippen LogP contribution in [0.4, 0.5) is 0 Å². The topological polar surface area (TPSA) is 92.3 Å². The van der Waals surface area contributed by atoms with Crippen molar-refractivity contribution >= 4 is 13.7 Å². The molecule has 0 aromatic heterocycles. The van der Waals surface area contributed by atoms with Crippen molar-refractivity contribution in [1.82, 2.24) is 5.09 Å². The van der Waals surface area contributed by atoms with Gasteiger partial charge in [-0.3, -0.25) is 9.32 Å². The Morgan fingerprint density at radius 3 is 2.67 bits per heavy atom. The van der Waals surface area contributed by atoms with Gasteiger partial charge in [0.15, 0.2) is 6.29 Å². The minimum atomic E-state index is -3.90. The van der Waals surface area contributed by atoms with E-state index in [9.17, 15) is 9.36 Å². The van der Waals surface area contributed by atoms with Crippen LogP contribution in [0.5, 0.6) is 5.75 Å². The highest BCUT2D eigenvalue weighted by atomic mass is 31.2. The molecule has 0 radical (unpaired) electrons. The monoisotopic (exact) mass is 441 g/mol. The molecule has 0 amide bonds. The molecule has 2 fully saturated rings. The highest BCUT2D eigenvalue weighted by Gasteiger charge is 2.35. The number of carbonyl (C=O) groups is 1. The molecule has 168 valence electrons. The van der Waals surface area contributed by atoms with Gasteiger partial charge < -0.3 is 18.7 Å². The van der Waals surface area contributed by atoms with Crippen LogP contribution in [0.1, 0.15) is 57.9 Å². The lowest BCUT2D eigenvalue weighted by atomic mass is 10.1. The summed E-state index contributed by atoms with van der Waals surface area (Å²) in [5.41, 5.74) is 1.14. The predicted molar refractivity (Wildman–Crippen MR) is 111 cm³/mol. The van der Waals surface area contributed by atoms with Crippen LogP contribution in [0.3, 0.4) is 0 Å². The number of rotatable bonds is 12. The van der Waals surface area contributed by atoms with Gasteiger partial charge in [0.05, 0.1) is 19.3 Å². The fourth-order valence-corrected chi connectivity index (χ4v) is 4.66. The maximum Gasteiger partial charge on any atom is 0.459 e. The molecule has 3 atom stereocenters. The number of carbonyl (C=O) groups excluding carboxylic acids is 1. The Balaban J connectivity index is 1.67. The molecule has 9 heteroatoms. The Morgan fingerprint density at radius 1 is 1.27 bits per heavy atom. The summed E-state index contributed by atoms with van der Waals surface area (Å²) in [6.07, 6.45) is 3.11. The van der Waals surface area contributed by atoms with Gasteiger partial charge in [-0.1, -0.05) is 25.5 Å². The van der Waals surface area contributed by atoms with E-state index in [0.29, 0.717) is 24.9 Å². The van der Waals surface area contributed by atoms with Crippen molar-refractivity contribution in [2.24, 2.45) is 0 Å². The molecular formula is C21H32NO7P. The Morgan fingerprint density at radius 2 is 2.00 bits per heavy atom. The average Bonchev–Trinajstić information content (AvgIpc) is 3.42. The molecule has 8 nitrogen and oxygen atoms in total. The van der Waals surface area contributed by atoms with Gasteiger partial charge in [0.2, 0.25) is 0 Å². The van der Waals surface area contributed by atoms with E-state index in [1.807, 2.05) is 32.0 Å². The quantitative estimate of drug-likeness (QED) is 0.382. The van der Waals surface area contributed by atoms with Crippen molar-refractivity contribution < 1.29 is 32.6 Å².